The Bertz CT molecular complexity index is 1820. The maximum atomic E-state index is 13.5. The second-order valence-electron chi connectivity index (χ2n) is 12.1. The number of hydrogen-bond donors (Lipinski definition) is 2. The van der Waals surface area contributed by atoms with E-state index >= 15 is 0 Å². The fraction of sp³-hybridized carbons (Fsp3) is 0.441. The summed E-state index contributed by atoms with van der Waals surface area (Å²) in [6.07, 6.45) is 10.9. The van der Waals surface area contributed by atoms with Gasteiger partial charge in [-0.1, -0.05) is 12.8 Å². The number of amides is 1. The van der Waals surface area contributed by atoms with E-state index in [-0.39, 0.29) is 28.9 Å². The molecule has 1 saturated heterocycles. The van der Waals surface area contributed by atoms with Crippen LogP contribution in [-0.4, -0.2) is 69.3 Å². The molecule has 0 spiro atoms. The van der Waals surface area contributed by atoms with Crippen LogP contribution in [0.1, 0.15) is 84.2 Å². The molecule has 14 heteroatoms. The molecule has 48 heavy (non-hydrogen) atoms. The number of nitrogens with one attached hydrogen (secondary N) is 2. The number of pyridine rings is 3. The summed E-state index contributed by atoms with van der Waals surface area (Å²) < 4.78 is 13.0. The summed E-state index contributed by atoms with van der Waals surface area (Å²) in [5, 5.41) is 3.81. The third-order valence-electron chi connectivity index (χ3n) is 8.74. The Balaban J connectivity index is 1.04. The third-order valence-corrected chi connectivity index (χ3v) is 8.74. The van der Waals surface area contributed by atoms with Gasteiger partial charge in [-0.3, -0.25) is 19.0 Å². The first-order valence-electron chi connectivity index (χ1n) is 16.3. The zero-order valence-electron chi connectivity index (χ0n) is 27.4. The Morgan fingerprint density at radius 3 is 2.52 bits per heavy atom. The molecule has 14 nitrogen and oxygen atoms in total. The lowest BCUT2D eigenvalue weighted by Gasteiger charge is -2.22. The van der Waals surface area contributed by atoms with Gasteiger partial charge in [-0.25, -0.2) is 25.3 Å². The van der Waals surface area contributed by atoms with Crippen LogP contribution in [-0.2, 0) is 9.57 Å². The van der Waals surface area contributed by atoms with Crippen molar-refractivity contribution in [3.8, 4) is 5.75 Å². The molecule has 1 amide bonds. The van der Waals surface area contributed by atoms with Crippen molar-refractivity contribution in [3.63, 3.8) is 0 Å². The van der Waals surface area contributed by atoms with E-state index in [0.29, 0.717) is 65.3 Å². The van der Waals surface area contributed by atoms with Gasteiger partial charge < -0.3 is 19.7 Å². The Labute approximate surface area is 277 Å². The van der Waals surface area contributed by atoms with Crippen molar-refractivity contribution in [2.45, 2.75) is 71.1 Å². The zero-order valence-corrected chi connectivity index (χ0v) is 27.4. The van der Waals surface area contributed by atoms with Crippen molar-refractivity contribution in [2.75, 3.05) is 37.0 Å². The number of likely N-dealkylation sites (N-methyl/N-ethyl adjacent to an activating group) is 1. The number of aryl methyl sites for hydroxylation is 1. The van der Waals surface area contributed by atoms with Gasteiger partial charge in [-0.15, -0.1) is 0 Å². The summed E-state index contributed by atoms with van der Waals surface area (Å²) in [5.74, 6) is 1.44. The summed E-state index contributed by atoms with van der Waals surface area (Å²) in [7, 11) is 1.89. The number of ether oxygens (including phenoxy) is 2. The van der Waals surface area contributed by atoms with E-state index in [1.165, 1.54) is 13.1 Å². The molecular weight excluding hydrogens is 616 g/mol. The predicted molar refractivity (Wildman–Crippen MR) is 179 cm³/mol. The Kier molecular flexibility index (Phi) is 10.2. The minimum Gasteiger partial charge on any atom is -0.490 e. The monoisotopic (exact) mass is 656 g/mol. The first-order chi connectivity index (χ1) is 23.3. The van der Waals surface area contributed by atoms with E-state index in [1.54, 1.807) is 48.1 Å². The van der Waals surface area contributed by atoms with Gasteiger partial charge in [0.05, 0.1) is 23.9 Å². The molecule has 1 saturated carbocycles. The average Bonchev–Trinajstić information content (AvgIpc) is 3.63. The van der Waals surface area contributed by atoms with Crippen LogP contribution in [0, 0.1) is 6.92 Å². The van der Waals surface area contributed by atoms with Gasteiger partial charge in [0.15, 0.2) is 12.1 Å². The van der Waals surface area contributed by atoms with Crippen LogP contribution in [0.4, 0.5) is 17.6 Å². The molecule has 4 aromatic rings. The molecule has 2 fully saturated rings. The Hall–Kier alpha value is -4.95. The number of carbonyl (C=O) groups is 2. The fourth-order valence-electron chi connectivity index (χ4n) is 6.11. The second kappa shape index (κ2) is 14.9. The molecule has 2 N–H and O–H groups in total. The van der Waals surface area contributed by atoms with E-state index in [2.05, 4.69) is 25.7 Å². The smallest absolute Gasteiger partial charge is 0.276 e. The average molecular weight is 657 g/mol. The molecule has 1 aliphatic heterocycles. The second-order valence-corrected chi connectivity index (χ2v) is 12.1. The number of rotatable bonds is 12. The SMILES string of the molecule is CC(=O)c1c(C)c2cnc(Nc3ccc(OCCN(C)c4ccc(C(=O)NOC5CCCCO5)cn4)cn3)nc2n(C2CCCC2)c1=O. The zero-order chi connectivity index (χ0) is 33.6. The molecule has 252 valence electrons. The van der Waals surface area contributed by atoms with Gasteiger partial charge in [0.25, 0.3) is 11.5 Å². The lowest BCUT2D eigenvalue weighted by atomic mass is 10.0. The van der Waals surface area contributed by atoms with Crippen molar-refractivity contribution in [1.29, 1.82) is 0 Å². The summed E-state index contributed by atoms with van der Waals surface area (Å²) >= 11 is 0. The summed E-state index contributed by atoms with van der Waals surface area (Å²) in [5.41, 5.74) is 3.84. The molecule has 6 rings (SSSR count). The number of aromatic nitrogens is 5. The molecule has 5 heterocycles. The van der Waals surface area contributed by atoms with E-state index < -0.39 is 6.29 Å². The van der Waals surface area contributed by atoms with E-state index in [1.807, 2.05) is 11.9 Å². The maximum absolute atomic E-state index is 13.5. The predicted octanol–water partition coefficient (Wildman–Crippen LogP) is 4.65. The lowest BCUT2D eigenvalue weighted by Crippen LogP contribution is -2.33. The van der Waals surface area contributed by atoms with Crippen molar-refractivity contribution in [3.05, 3.63) is 69.9 Å². The van der Waals surface area contributed by atoms with Crippen LogP contribution in [0.15, 0.2) is 47.7 Å². The van der Waals surface area contributed by atoms with Crippen LogP contribution in [0.25, 0.3) is 11.0 Å². The number of ketones is 1. The molecule has 1 unspecified atom stereocenters. The summed E-state index contributed by atoms with van der Waals surface area (Å²) in [6.45, 7) is 4.74. The van der Waals surface area contributed by atoms with Crippen LogP contribution >= 0.6 is 0 Å². The van der Waals surface area contributed by atoms with Gasteiger partial charge in [-0.05, 0) is 69.4 Å². The van der Waals surface area contributed by atoms with Crippen molar-refractivity contribution in [1.82, 2.24) is 30.0 Å². The largest absolute Gasteiger partial charge is 0.490 e. The van der Waals surface area contributed by atoms with Crippen LogP contribution in [0.3, 0.4) is 0 Å². The maximum Gasteiger partial charge on any atom is 0.276 e. The van der Waals surface area contributed by atoms with E-state index in [4.69, 9.17) is 19.3 Å². The Morgan fingerprint density at radius 1 is 1.02 bits per heavy atom. The summed E-state index contributed by atoms with van der Waals surface area (Å²) in [6, 6.07) is 7.00. The van der Waals surface area contributed by atoms with Gasteiger partial charge >= 0.3 is 0 Å². The number of fused-ring (bicyclic) bond motifs is 1. The van der Waals surface area contributed by atoms with Crippen molar-refractivity contribution in [2.24, 2.45) is 0 Å². The molecule has 2 aliphatic rings. The molecule has 0 bridgehead atoms. The molecule has 1 aliphatic carbocycles. The van der Waals surface area contributed by atoms with Crippen molar-refractivity contribution >= 4 is 40.3 Å². The van der Waals surface area contributed by atoms with Crippen LogP contribution < -0.4 is 26.0 Å². The topological polar surface area (TPSA) is 163 Å². The number of anilines is 3. The van der Waals surface area contributed by atoms with Gasteiger partial charge in [0.2, 0.25) is 5.95 Å². The quantitative estimate of drug-likeness (QED) is 0.161. The van der Waals surface area contributed by atoms with Crippen molar-refractivity contribution < 1.29 is 23.9 Å². The highest BCUT2D eigenvalue weighted by molar-refractivity contribution is 5.99. The molecule has 1 atom stereocenters. The third kappa shape index (κ3) is 7.44. The van der Waals surface area contributed by atoms with Gasteiger partial charge in [-0.2, -0.15) is 4.98 Å². The number of hydroxylamine groups is 1. The lowest BCUT2D eigenvalue weighted by molar-refractivity contribution is -0.186. The number of carbonyl (C=O) groups excluding carboxylic acids is 2. The molecular formula is C34H40N8O6. The first-order valence-corrected chi connectivity index (χ1v) is 16.3. The first kappa shape index (κ1) is 33.0. The Morgan fingerprint density at radius 2 is 1.83 bits per heavy atom. The number of Topliss-reactive ketones (excluding diaryl/α,β-unsaturated/α-hetero) is 1. The van der Waals surface area contributed by atoms with Gasteiger partial charge in [0.1, 0.15) is 29.6 Å². The highest BCUT2D eigenvalue weighted by atomic mass is 16.8. The highest BCUT2D eigenvalue weighted by Crippen LogP contribution is 2.32. The van der Waals surface area contributed by atoms with E-state index in [9.17, 15) is 14.4 Å². The molecule has 0 radical (unpaired) electrons. The number of nitrogens with zero attached hydrogens (tertiary/aromatic N) is 6. The molecule has 0 aromatic carbocycles. The number of hydrogen-bond acceptors (Lipinski definition) is 12. The minimum absolute atomic E-state index is 0.00148. The van der Waals surface area contributed by atoms with Crippen LogP contribution in [0.5, 0.6) is 5.75 Å². The van der Waals surface area contributed by atoms with E-state index in [0.717, 1.165) is 44.9 Å². The molecule has 4 aromatic heterocycles. The fourth-order valence-corrected chi connectivity index (χ4v) is 6.11. The summed E-state index contributed by atoms with van der Waals surface area (Å²) in [4.78, 5) is 63.5. The minimum atomic E-state index is -0.418. The standard InChI is InChI=1S/C34H40N8O6/c1-21-26-20-37-34(39-31(26)42(24-8-4-5-9-24)33(45)30(21)22(2)43)38-27-13-12-25(19-35-27)46-17-15-41(3)28-14-11-23(18-36-28)32(44)40-48-29-10-6-7-16-47-29/h11-14,18-20,24,29H,4-10,15-17H2,1-3H3,(H,40,44)(H,35,37,38,39). The highest BCUT2D eigenvalue weighted by Gasteiger charge is 2.26. The van der Waals surface area contributed by atoms with Gasteiger partial charge in [0, 0.05) is 43.9 Å². The van der Waals surface area contributed by atoms with Crippen LogP contribution in [0.2, 0.25) is 0 Å². The normalized spacial score (nSPS) is 16.5.